The van der Waals surface area contributed by atoms with Crippen LogP contribution in [0.25, 0.3) is 0 Å². The minimum atomic E-state index is 0.556. The second kappa shape index (κ2) is 5.64. The topological polar surface area (TPSA) is 15.3 Å². The first-order chi connectivity index (χ1) is 7.13. The van der Waals surface area contributed by atoms with Gasteiger partial charge in [-0.2, -0.15) is 0 Å². The van der Waals surface area contributed by atoms with E-state index in [0.29, 0.717) is 6.04 Å². The number of nitrogens with one attached hydrogen (secondary N) is 1. The predicted molar refractivity (Wildman–Crippen MR) is 68.8 cm³/mol. The van der Waals surface area contributed by atoms with E-state index in [1.165, 1.54) is 24.2 Å². The van der Waals surface area contributed by atoms with E-state index in [1.807, 2.05) is 0 Å². The van der Waals surface area contributed by atoms with Crippen LogP contribution in [0.15, 0.2) is 24.3 Å². The maximum Gasteiger partial charge on any atom is 0.0362 e. The standard InChI is InChI=1S/C13H22N2/c1-5-6-11(2)14-12-7-9-13(10-8-12)15(3)4/h7-11,14H,5-6H2,1-4H3. The van der Waals surface area contributed by atoms with Crippen LogP contribution < -0.4 is 10.2 Å². The summed E-state index contributed by atoms with van der Waals surface area (Å²) < 4.78 is 0. The van der Waals surface area contributed by atoms with Crippen LogP contribution in [0.4, 0.5) is 11.4 Å². The normalized spacial score (nSPS) is 12.3. The number of hydrogen-bond acceptors (Lipinski definition) is 2. The molecule has 0 saturated carbocycles. The molecule has 1 unspecified atom stereocenters. The molecular formula is C13H22N2. The minimum Gasteiger partial charge on any atom is -0.383 e. The fourth-order valence-corrected chi connectivity index (χ4v) is 1.65. The quantitative estimate of drug-likeness (QED) is 0.794. The minimum absolute atomic E-state index is 0.556. The van der Waals surface area contributed by atoms with E-state index in [0.717, 1.165) is 0 Å². The van der Waals surface area contributed by atoms with Crippen LogP contribution in [-0.2, 0) is 0 Å². The monoisotopic (exact) mass is 206 g/mol. The number of nitrogens with zero attached hydrogens (tertiary/aromatic N) is 1. The summed E-state index contributed by atoms with van der Waals surface area (Å²) in [5.74, 6) is 0. The Hall–Kier alpha value is -1.18. The summed E-state index contributed by atoms with van der Waals surface area (Å²) in [5, 5.41) is 3.49. The van der Waals surface area contributed by atoms with Crippen LogP contribution in [0.5, 0.6) is 0 Å². The van der Waals surface area contributed by atoms with E-state index in [1.54, 1.807) is 0 Å². The van der Waals surface area contributed by atoms with E-state index >= 15 is 0 Å². The highest BCUT2D eigenvalue weighted by Crippen LogP contribution is 2.16. The molecule has 0 aliphatic carbocycles. The number of benzene rings is 1. The Morgan fingerprint density at radius 1 is 1.20 bits per heavy atom. The lowest BCUT2D eigenvalue weighted by atomic mass is 10.2. The Morgan fingerprint density at radius 3 is 2.27 bits per heavy atom. The molecule has 1 aromatic rings. The summed E-state index contributed by atoms with van der Waals surface area (Å²) in [5.41, 5.74) is 2.45. The first kappa shape index (κ1) is 11.9. The number of hydrogen-bond donors (Lipinski definition) is 1. The third-order valence-corrected chi connectivity index (χ3v) is 2.52. The maximum absolute atomic E-state index is 3.49. The smallest absolute Gasteiger partial charge is 0.0362 e. The third-order valence-electron chi connectivity index (χ3n) is 2.52. The predicted octanol–water partition coefficient (Wildman–Crippen LogP) is 3.35. The van der Waals surface area contributed by atoms with Crippen molar-refractivity contribution >= 4 is 11.4 Å². The summed E-state index contributed by atoms with van der Waals surface area (Å²) in [6.07, 6.45) is 2.44. The van der Waals surface area contributed by atoms with Gasteiger partial charge in [0.1, 0.15) is 0 Å². The lowest BCUT2D eigenvalue weighted by molar-refractivity contribution is 0.690. The molecule has 1 rings (SSSR count). The van der Waals surface area contributed by atoms with Crippen LogP contribution in [0, 0.1) is 0 Å². The van der Waals surface area contributed by atoms with Gasteiger partial charge in [0.15, 0.2) is 0 Å². The number of rotatable bonds is 5. The highest BCUT2D eigenvalue weighted by Gasteiger charge is 2.00. The molecule has 1 aromatic carbocycles. The molecular weight excluding hydrogens is 184 g/mol. The largest absolute Gasteiger partial charge is 0.383 e. The summed E-state index contributed by atoms with van der Waals surface area (Å²) in [6, 6.07) is 9.12. The second-order valence-electron chi connectivity index (χ2n) is 4.28. The van der Waals surface area contributed by atoms with Crippen molar-refractivity contribution in [3.8, 4) is 0 Å². The third kappa shape index (κ3) is 3.82. The van der Waals surface area contributed by atoms with Gasteiger partial charge in [-0.3, -0.25) is 0 Å². The van der Waals surface area contributed by atoms with Crippen LogP contribution in [0.3, 0.4) is 0 Å². The molecule has 0 aliphatic rings. The molecule has 15 heavy (non-hydrogen) atoms. The fourth-order valence-electron chi connectivity index (χ4n) is 1.65. The van der Waals surface area contributed by atoms with Crippen LogP contribution in [0.2, 0.25) is 0 Å². The van der Waals surface area contributed by atoms with Gasteiger partial charge in [-0.1, -0.05) is 13.3 Å². The Balaban J connectivity index is 2.56. The van der Waals surface area contributed by atoms with Crippen molar-refractivity contribution in [2.75, 3.05) is 24.3 Å². The average molecular weight is 206 g/mol. The van der Waals surface area contributed by atoms with Crippen molar-refractivity contribution in [2.24, 2.45) is 0 Å². The molecule has 0 heterocycles. The lowest BCUT2D eigenvalue weighted by Crippen LogP contribution is -2.14. The molecule has 0 amide bonds. The summed E-state index contributed by atoms with van der Waals surface area (Å²) in [6.45, 7) is 4.44. The molecule has 0 fully saturated rings. The molecule has 0 spiro atoms. The van der Waals surface area contributed by atoms with Crippen molar-refractivity contribution in [1.29, 1.82) is 0 Å². The SMILES string of the molecule is CCCC(C)Nc1ccc(N(C)C)cc1. The Kier molecular flexibility index (Phi) is 4.47. The first-order valence-corrected chi connectivity index (χ1v) is 5.67. The van der Waals surface area contributed by atoms with Gasteiger partial charge in [-0.25, -0.2) is 0 Å². The lowest BCUT2D eigenvalue weighted by Gasteiger charge is -2.16. The summed E-state index contributed by atoms with van der Waals surface area (Å²) in [4.78, 5) is 2.11. The molecule has 2 heteroatoms. The van der Waals surface area contributed by atoms with Gasteiger partial charge in [0, 0.05) is 31.5 Å². The zero-order valence-electron chi connectivity index (χ0n) is 10.2. The maximum atomic E-state index is 3.49. The van der Waals surface area contributed by atoms with E-state index < -0.39 is 0 Å². The molecule has 0 aliphatic heterocycles. The highest BCUT2D eigenvalue weighted by atomic mass is 15.1. The molecule has 0 bridgehead atoms. The van der Waals surface area contributed by atoms with Crippen LogP contribution in [-0.4, -0.2) is 20.1 Å². The van der Waals surface area contributed by atoms with E-state index in [4.69, 9.17) is 0 Å². The van der Waals surface area contributed by atoms with Gasteiger partial charge < -0.3 is 10.2 Å². The van der Waals surface area contributed by atoms with E-state index in [2.05, 4.69) is 62.4 Å². The van der Waals surface area contributed by atoms with E-state index in [-0.39, 0.29) is 0 Å². The Bertz CT molecular complexity index is 277. The van der Waals surface area contributed by atoms with Crippen LogP contribution >= 0.6 is 0 Å². The molecule has 0 aromatic heterocycles. The van der Waals surface area contributed by atoms with Gasteiger partial charge in [0.25, 0.3) is 0 Å². The number of anilines is 2. The van der Waals surface area contributed by atoms with E-state index in [9.17, 15) is 0 Å². The van der Waals surface area contributed by atoms with Gasteiger partial charge in [-0.15, -0.1) is 0 Å². The zero-order valence-corrected chi connectivity index (χ0v) is 10.2. The van der Waals surface area contributed by atoms with Crippen molar-refractivity contribution in [1.82, 2.24) is 0 Å². The Morgan fingerprint density at radius 2 is 1.80 bits per heavy atom. The molecule has 84 valence electrons. The molecule has 1 atom stereocenters. The second-order valence-corrected chi connectivity index (χ2v) is 4.28. The molecule has 2 nitrogen and oxygen atoms in total. The average Bonchev–Trinajstić information content (AvgIpc) is 2.18. The van der Waals surface area contributed by atoms with Gasteiger partial charge >= 0.3 is 0 Å². The van der Waals surface area contributed by atoms with Crippen molar-refractivity contribution in [2.45, 2.75) is 32.7 Å². The summed E-state index contributed by atoms with van der Waals surface area (Å²) >= 11 is 0. The summed E-state index contributed by atoms with van der Waals surface area (Å²) in [7, 11) is 4.12. The Labute approximate surface area is 93.3 Å². The molecule has 0 saturated heterocycles. The van der Waals surface area contributed by atoms with Gasteiger partial charge in [0.05, 0.1) is 0 Å². The first-order valence-electron chi connectivity index (χ1n) is 5.67. The van der Waals surface area contributed by atoms with Gasteiger partial charge in [-0.05, 0) is 37.6 Å². The van der Waals surface area contributed by atoms with Crippen molar-refractivity contribution in [3.63, 3.8) is 0 Å². The van der Waals surface area contributed by atoms with Crippen molar-refractivity contribution < 1.29 is 0 Å². The zero-order chi connectivity index (χ0) is 11.3. The fraction of sp³-hybridized carbons (Fsp3) is 0.538. The molecule has 0 radical (unpaired) electrons. The van der Waals surface area contributed by atoms with Gasteiger partial charge in [0.2, 0.25) is 0 Å². The van der Waals surface area contributed by atoms with Crippen LogP contribution in [0.1, 0.15) is 26.7 Å². The molecule has 1 N–H and O–H groups in total. The van der Waals surface area contributed by atoms with Crippen molar-refractivity contribution in [3.05, 3.63) is 24.3 Å². The highest BCUT2D eigenvalue weighted by molar-refractivity contribution is 5.54.